The maximum atomic E-state index is 11.8. The molecule has 3 nitrogen and oxygen atoms in total. The molecule has 0 spiro atoms. The molecule has 0 aromatic heterocycles. The summed E-state index contributed by atoms with van der Waals surface area (Å²) in [5.41, 5.74) is 0. The molecule has 1 amide bonds. The van der Waals surface area contributed by atoms with Crippen LogP contribution in [-0.2, 0) is 4.79 Å². The zero-order valence-electron chi connectivity index (χ0n) is 11.1. The summed E-state index contributed by atoms with van der Waals surface area (Å²) in [5, 5.41) is 6.33. The average Bonchev–Trinajstić information content (AvgIpc) is 2.74. The molecule has 1 saturated heterocycles. The van der Waals surface area contributed by atoms with E-state index in [2.05, 4.69) is 23.8 Å². The molecule has 1 fully saturated rings. The molecule has 2 atom stereocenters. The van der Waals surface area contributed by atoms with Gasteiger partial charge in [-0.2, -0.15) is 11.8 Å². The van der Waals surface area contributed by atoms with E-state index in [0.29, 0.717) is 5.92 Å². The molecule has 0 aromatic rings. The van der Waals surface area contributed by atoms with Gasteiger partial charge in [0, 0.05) is 13.1 Å². The standard InChI is InChI=1S/C13H26N2OS/c1-11-9-14-10-12(11)13(16)15-7-5-3-4-6-8-17-2/h11-12,14H,3-10H2,1-2H3,(H,15,16). The molecule has 0 radical (unpaired) electrons. The molecular formula is C13H26N2OS. The summed E-state index contributed by atoms with van der Waals surface area (Å²) in [4.78, 5) is 11.8. The van der Waals surface area contributed by atoms with Crippen LogP contribution in [0, 0.1) is 11.8 Å². The predicted octanol–water partition coefficient (Wildman–Crippen LogP) is 1.88. The molecule has 17 heavy (non-hydrogen) atoms. The molecule has 0 aromatic carbocycles. The minimum absolute atomic E-state index is 0.187. The first-order valence-electron chi connectivity index (χ1n) is 6.73. The topological polar surface area (TPSA) is 41.1 Å². The Labute approximate surface area is 109 Å². The van der Waals surface area contributed by atoms with Crippen LogP contribution in [0.2, 0.25) is 0 Å². The summed E-state index contributed by atoms with van der Waals surface area (Å²) < 4.78 is 0. The smallest absolute Gasteiger partial charge is 0.224 e. The highest BCUT2D eigenvalue weighted by atomic mass is 32.2. The zero-order chi connectivity index (χ0) is 12.5. The highest BCUT2D eigenvalue weighted by Crippen LogP contribution is 2.15. The fourth-order valence-electron chi connectivity index (χ4n) is 2.23. The van der Waals surface area contributed by atoms with E-state index in [9.17, 15) is 4.79 Å². The average molecular weight is 258 g/mol. The van der Waals surface area contributed by atoms with Crippen molar-refractivity contribution in [2.24, 2.45) is 11.8 Å². The summed E-state index contributed by atoms with van der Waals surface area (Å²) in [7, 11) is 0. The molecule has 0 bridgehead atoms. The van der Waals surface area contributed by atoms with E-state index < -0.39 is 0 Å². The summed E-state index contributed by atoms with van der Waals surface area (Å²) in [6, 6.07) is 0. The summed E-state index contributed by atoms with van der Waals surface area (Å²) >= 11 is 1.91. The van der Waals surface area contributed by atoms with E-state index in [4.69, 9.17) is 0 Å². The third-order valence-electron chi connectivity index (χ3n) is 3.43. The van der Waals surface area contributed by atoms with Crippen molar-refractivity contribution < 1.29 is 4.79 Å². The number of thioether (sulfide) groups is 1. The predicted molar refractivity (Wildman–Crippen MR) is 75.4 cm³/mol. The second-order valence-corrected chi connectivity index (χ2v) is 5.93. The summed E-state index contributed by atoms with van der Waals surface area (Å²) in [6.07, 6.45) is 7.10. The molecule has 4 heteroatoms. The molecule has 2 N–H and O–H groups in total. The number of hydrogen-bond acceptors (Lipinski definition) is 3. The number of amides is 1. The number of carbonyl (C=O) groups is 1. The Hall–Kier alpha value is -0.220. The Bertz CT molecular complexity index is 223. The molecule has 2 unspecified atom stereocenters. The van der Waals surface area contributed by atoms with Gasteiger partial charge < -0.3 is 10.6 Å². The number of carbonyl (C=O) groups excluding carboxylic acids is 1. The Morgan fingerprint density at radius 1 is 1.29 bits per heavy atom. The van der Waals surface area contributed by atoms with Gasteiger partial charge in [-0.15, -0.1) is 0 Å². The van der Waals surface area contributed by atoms with Gasteiger partial charge in [0.05, 0.1) is 5.92 Å². The number of hydrogen-bond donors (Lipinski definition) is 2. The van der Waals surface area contributed by atoms with Gasteiger partial charge in [0.25, 0.3) is 0 Å². The molecule has 1 aliphatic heterocycles. The minimum atomic E-state index is 0.187. The number of unbranched alkanes of at least 4 members (excludes halogenated alkanes) is 3. The molecule has 0 saturated carbocycles. The Balaban J connectivity index is 1.97. The Morgan fingerprint density at radius 3 is 2.71 bits per heavy atom. The van der Waals surface area contributed by atoms with Crippen molar-refractivity contribution in [2.45, 2.75) is 32.6 Å². The minimum Gasteiger partial charge on any atom is -0.356 e. The Kier molecular flexibility index (Phi) is 7.69. The number of rotatable bonds is 8. The van der Waals surface area contributed by atoms with Gasteiger partial charge in [0.2, 0.25) is 5.91 Å². The quantitative estimate of drug-likeness (QED) is 0.653. The van der Waals surface area contributed by atoms with Crippen molar-refractivity contribution in [3.8, 4) is 0 Å². The lowest BCUT2D eigenvalue weighted by molar-refractivity contribution is -0.125. The summed E-state index contributed by atoms with van der Waals surface area (Å²) in [5.74, 6) is 2.17. The van der Waals surface area contributed by atoms with E-state index in [1.165, 1.54) is 25.0 Å². The second-order valence-electron chi connectivity index (χ2n) is 4.94. The van der Waals surface area contributed by atoms with Crippen LogP contribution < -0.4 is 10.6 Å². The highest BCUT2D eigenvalue weighted by molar-refractivity contribution is 7.98. The van der Waals surface area contributed by atoms with E-state index in [1.54, 1.807) is 0 Å². The van der Waals surface area contributed by atoms with E-state index in [-0.39, 0.29) is 11.8 Å². The van der Waals surface area contributed by atoms with Crippen molar-refractivity contribution in [1.82, 2.24) is 10.6 Å². The van der Waals surface area contributed by atoms with Gasteiger partial charge in [0.1, 0.15) is 0 Å². The third-order valence-corrected chi connectivity index (χ3v) is 4.13. The molecule has 100 valence electrons. The third kappa shape index (κ3) is 5.77. The van der Waals surface area contributed by atoms with Crippen molar-refractivity contribution in [2.75, 3.05) is 31.6 Å². The van der Waals surface area contributed by atoms with Crippen molar-refractivity contribution in [3.63, 3.8) is 0 Å². The van der Waals surface area contributed by atoms with Crippen molar-refractivity contribution in [3.05, 3.63) is 0 Å². The number of nitrogens with one attached hydrogen (secondary N) is 2. The maximum absolute atomic E-state index is 11.8. The van der Waals surface area contributed by atoms with Crippen LogP contribution in [-0.4, -0.2) is 37.6 Å². The lowest BCUT2D eigenvalue weighted by Crippen LogP contribution is -2.34. The van der Waals surface area contributed by atoms with E-state index >= 15 is 0 Å². The fourth-order valence-corrected chi connectivity index (χ4v) is 2.72. The first-order chi connectivity index (χ1) is 8.25. The Morgan fingerprint density at radius 2 is 2.06 bits per heavy atom. The second kappa shape index (κ2) is 8.81. The lowest BCUT2D eigenvalue weighted by atomic mass is 9.97. The normalized spacial score (nSPS) is 23.9. The highest BCUT2D eigenvalue weighted by Gasteiger charge is 2.28. The van der Waals surface area contributed by atoms with Crippen molar-refractivity contribution in [1.29, 1.82) is 0 Å². The van der Waals surface area contributed by atoms with Gasteiger partial charge in [0.15, 0.2) is 0 Å². The first-order valence-corrected chi connectivity index (χ1v) is 8.12. The molecule has 1 aliphatic rings. The molecule has 1 heterocycles. The fraction of sp³-hybridized carbons (Fsp3) is 0.923. The maximum Gasteiger partial charge on any atom is 0.224 e. The van der Waals surface area contributed by atoms with Crippen LogP contribution in [0.1, 0.15) is 32.6 Å². The van der Waals surface area contributed by atoms with E-state index in [1.807, 2.05) is 11.8 Å². The van der Waals surface area contributed by atoms with Crippen LogP contribution >= 0.6 is 11.8 Å². The van der Waals surface area contributed by atoms with Gasteiger partial charge in [-0.1, -0.05) is 19.8 Å². The lowest BCUT2D eigenvalue weighted by Gasteiger charge is -2.13. The van der Waals surface area contributed by atoms with Crippen LogP contribution in [0.4, 0.5) is 0 Å². The van der Waals surface area contributed by atoms with Crippen LogP contribution in [0.25, 0.3) is 0 Å². The largest absolute Gasteiger partial charge is 0.356 e. The zero-order valence-corrected chi connectivity index (χ0v) is 11.9. The van der Waals surface area contributed by atoms with Gasteiger partial charge in [-0.25, -0.2) is 0 Å². The van der Waals surface area contributed by atoms with E-state index in [0.717, 1.165) is 26.1 Å². The van der Waals surface area contributed by atoms with Gasteiger partial charge >= 0.3 is 0 Å². The SMILES string of the molecule is CSCCCCCCNC(=O)C1CNCC1C. The van der Waals surface area contributed by atoms with Gasteiger partial charge in [-0.05, 0) is 37.3 Å². The molecule has 0 aliphatic carbocycles. The van der Waals surface area contributed by atoms with Crippen molar-refractivity contribution >= 4 is 17.7 Å². The molecular weight excluding hydrogens is 232 g/mol. The summed E-state index contributed by atoms with van der Waals surface area (Å²) in [6.45, 7) is 4.82. The van der Waals surface area contributed by atoms with Gasteiger partial charge in [-0.3, -0.25) is 4.79 Å². The van der Waals surface area contributed by atoms with Crippen LogP contribution in [0.15, 0.2) is 0 Å². The van der Waals surface area contributed by atoms with Crippen LogP contribution in [0.5, 0.6) is 0 Å². The van der Waals surface area contributed by atoms with Crippen LogP contribution in [0.3, 0.4) is 0 Å². The first kappa shape index (κ1) is 14.8. The monoisotopic (exact) mass is 258 g/mol. The molecule has 1 rings (SSSR count).